The smallest absolute Gasteiger partial charge is 0.472 e. The zero-order chi connectivity index (χ0) is 47.9. The molecule has 6 heterocycles. The summed E-state index contributed by atoms with van der Waals surface area (Å²) in [6.45, 7) is -4.32. The van der Waals surface area contributed by atoms with Crippen LogP contribution in [-0.2, 0) is 52.3 Å². The number of anilines is 2. The van der Waals surface area contributed by atoms with Gasteiger partial charge >= 0.3 is 29.1 Å². The van der Waals surface area contributed by atoms with E-state index in [-0.39, 0.29) is 47.4 Å². The van der Waals surface area contributed by atoms with Crippen LogP contribution in [0.15, 0.2) is 46.5 Å². The number of H-pyrrole nitrogens is 2. The van der Waals surface area contributed by atoms with Crippen LogP contribution in [0.2, 0.25) is 5.02 Å². The van der Waals surface area contributed by atoms with Crippen molar-refractivity contribution in [3.05, 3.63) is 62.7 Å². The van der Waals surface area contributed by atoms with Crippen LogP contribution in [0, 0.1) is 0 Å². The molecule has 14 N–H and O–H groups in total. The van der Waals surface area contributed by atoms with Crippen molar-refractivity contribution >= 4 is 69.3 Å². The van der Waals surface area contributed by atoms with Gasteiger partial charge < -0.3 is 65.7 Å². The molecule has 11 atom stereocenters. The Kier molecular flexibility index (Phi) is 14.8. The van der Waals surface area contributed by atoms with Gasteiger partial charge in [0, 0.05) is 5.02 Å². The molecule has 5 aromatic rings. The van der Waals surface area contributed by atoms with Gasteiger partial charge in [0.05, 0.1) is 32.8 Å². The van der Waals surface area contributed by atoms with Gasteiger partial charge in [0.1, 0.15) is 61.6 Å². The van der Waals surface area contributed by atoms with E-state index in [0.29, 0.717) is 10.8 Å². The minimum absolute atomic E-state index is 0.0254. The number of hydrogen-bond acceptors (Lipinski definition) is 22. The SMILES string of the molecule is Nc1nc2c(ncn2[C@@H]2O[C@H](COP(=O)(O)OCC(COP(=O)(O)OC[C@H]3O[C@@H]([n+]4cn(CCOc5ccc(Cl)cc5)c5c(=O)[nH]c(N)nc54)[C@H](O)[C@@H]3O)OP(=O)(O)O)[C@@H](O)[C@H]2O)c(=O)[nH]1. The molecule has 4 aromatic heterocycles. The molecular formula is C31H41ClN10O21P3+. The van der Waals surface area contributed by atoms with Crippen molar-refractivity contribution in [1.82, 2.24) is 34.1 Å². The van der Waals surface area contributed by atoms with Gasteiger partial charge in [-0.15, -0.1) is 0 Å². The summed E-state index contributed by atoms with van der Waals surface area (Å²) in [5.74, 6) is -0.126. The molecule has 0 saturated carbocycles. The van der Waals surface area contributed by atoms with Crippen LogP contribution < -0.4 is 31.9 Å². The largest absolute Gasteiger partial charge is 0.490 e. The standard InChI is InChI=1S/C31H40ClN10O21P3/c32-13-1-3-14(4-2-13)56-6-5-40-12-42(25-19(40)27(48)39-31(34)37-25)29-23(46)21(44)17(62-29)10-60-66(54,55)58-8-15(63-64(49,50)51)7-57-65(52,53)59-9-16-20(43)22(45)28(61-16)41-11-35-18-24(41)36-30(33)38-26(18)47/h1-4,11-12,15-17,20-23,28-29,43-46H,5-10H2,(H9-,33,34,36,37,38,39,47,48,49,50,51,52,53,54,55)/p+1/t15?,16-,17-,20-,21-,22-,23-,28-,29-/m1/s1. The van der Waals surface area contributed by atoms with Gasteiger partial charge in [-0.2, -0.15) is 4.98 Å². The Hall–Kier alpha value is -4.30. The van der Waals surface area contributed by atoms with E-state index in [2.05, 4.69) is 29.4 Å². The van der Waals surface area contributed by atoms with Crippen LogP contribution in [0.25, 0.3) is 22.3 Å². The summed E-state index contributed by atoms with van der Waals surface area (Å²) in [6.07, 6.45) is -12.8. The summed E-state index contributed by atoms with van der Waals surface area (Å²) in [6, 6.07) is 6.49. The molecule has 362 valence electrons. The number of nitrogens with zero attached hydrogens (tertiary/aromatic N) is 6. The third-order valence-electron chi connectivity index (χ3n) is 9.72. The Labute approximate surface area is 372 Å². The van der Waals surface area contributed by atoms with Crippen molar-refractivity contribution in [3.8, 4) is 5.75 Å². The molecule has 0 amide bonds. The number of aliphatic hydroxyl groups excluding tert-OH is 4. The average Bonchev–Trinajstić information content (AvgIpc) is 3.97. The first-order chi connectivity index (χ1) is 31.0. The summed E-state index contributed by atoms with van der Waals surface area (Å²) in [5.41, 5.74) is 9.55. The lowest BCUT2D eigenvalue weighted by molar-refractivity contribution is -0.746. The first kappa shape index (κ1) is 49.6. The fourth-order valence-corrected chi connectivity index (χ4v) is 8.88. The number of ether oxygens (including phenoxy) is 3. The number of benzene rings is 1. The fraction of sp³-hybridized carbons (Fsp3) is 0.484. The van der Waals surface area contributed by atoms with Crippen molar-refractivity contribution in [2.45, 2.75) is 61.7 Å². The maximum absolute atomic E-state index is 13.0. The highest BCUT2D eigenvalue weighted by molar-refractivity contribution is 7.47. The number of halogens is 1. The Morgan fingerprint density at radius 1 is 0.818 bits per heavy atom. The molecule has 0 bridgehead atoms. The Balaban J connectivity index is 0.934. The molecule has 2 aliphatic rings. The number of nitrogen functional groups attached to an aromatic ring is 2. The number of aromatic amines is 2. The highest BCUT2D eigenvalue weighted by Gasteiger charge is 2.49. The number of aromatic nitrogens is 8. The number of nitrogens with two attached hydrogens (primary N) is 2. The van der Waals surface area contributed by atoms with Gasteiger partial charge in [0.2, 0.25) is 17.7 Å². The van der Waals surface area contributed by atoms with Gasteiger partial charge in [0.25, 0.3) is 17.1 Å². The summed E-state index contributed by atoms with van der Waals surface area (Å²) >= 11 is 5.92. The van der Waals surface area contributed by atoms with Gasteiger partial charge in [0.15, 0.2) is 23.7 Å². The molecule has 0 aliphatic carbocycles. The highest BCUT2D eigenvalue weighted by Crippen LogP contribution is 2.48. The van der Waals surface area contributed by atoms with Crippen molar-refractivity contribution in [1.29, 1.82) is 0 Å². The lowest BCUT2D eigenvalue weighted by Gasteiger charge is -2.22. The number of fused-ring (bicyclic) bond motifs is 2. The number of phosphoric ester groups is 3. The fourth-order valence-electron chi connectivity index (χ4n) is 6.71. The maximum Gasteiger partial charge on any atom is 0.472 e. The van der Waals surface area contributed by atoms with E-state index < -0.39 is 116 Å². The molecule has 1 aromatic carbocycles. The second-order valence-corrected chi connectivity index (χ2v) is 18.9. The molecule has 35 heteroatoms. The predicted octanol–water partition coefficient (Wildman–Crippen LogP) is -2.97. The zero-order valence-electron chi connectivity index (χ0n) is 33.3. The Bertz CT molecular complexity index is 2810. The predicted molar refractivity (Wildman–Crippen MR) is 217 cm³/mol. The molecule has 2 saturated heterocycles. The first-order valence-corrected chi connectivity index (χ1v) is 23.8. The van der Waals surface area contributed by atoms with Crippen LogP contribution in [0.1, 0.15) is 12.5 Å². The minimum Gasteiger partial charge on any atom is -0.490 e. The lowest BCUT2D eigenvalue weighted by atomic mass is 10.1. The molecular weight excluding hydrogens is 977 g/mol. The minimum atomic E-state index is -5.45. The Morgan fingerprint density at radius 2 is 1.41 bits per heavy atom. The van der Waals surface area contributed by atoms with E-state index in [4.69, 9.17) is 55.4 Å². The van der Waals surface area contributed by atoms with E-state index in [1.54, 1.807) is 24.3 Å². The molecule has 0 radical (unpaired) electrons. The number of phosphoric acid groups is 3. The second kappa shape index (κ2) is 19.7. The van der Waals surface area contributed by atoms with Crippen molar-refractivity contribution < 1.29 is 95.1 Å². The van der Waals surface area contributed by atoms with Gasteiger partial charge in [-0.1, -0.05) is 16.6 Å². The number of aliphatic hydroxyl groups is 4. The molecule has 2 fully saturated rings. The number of rotatable bonds is 20. The van der Waals surface area contributed by atoms with E-state index in [0.717, 1.165) is 10.9 Å². The quantitative estimate of drug-likeness (QED) is 0.0273. The van der Waals surface area contributed by atoms with Crippen LogP contribution in [0.5, 0.6) is 5.75 Å². The molecule has 31 nitrogen and oxygen atoms in total. The average molecular weight is 1020 g/mol. The molecule has 0 spiro atoms. The molecule has 7 rings (SSSR count). The van der Waals surface area contributed by atoms with Crippen molar-refractivity contribution in [2.75, 3.05) is 44.5 Å². The number of hydrogen-bond donors (Lipinski definition) is 12. The van der Waals surface area contributed by atoms with E-state index in [1.807, 2.05) is 0 Å². The third-order valence-corrected chi connectivity index (χ3v) is 12.4. The number of nitrogens with one attached hydrogen (secondary N) is 2. The van der Waals surface area contributed by atoms with Crippen molar-refractivity contribution in [3.63, 3.8) is 0 Å². The normalized spacial score (nSPS) is 25.9. The summed E-state index contributed by atoms with van der Waals surface area (Å²) in [5, 5.41) is 43.5. The highest BCUT2D eigenvalue weighted by atomic mass is 35.5. The van der Waals surface area contributed by atoms with E-state index in [9.17, 15) is 63.3 Å². The topological polar surface area (TPSA) is 457 Å². The van der Waals surface area contributed by atoms with E-state index in [1.165, 1.54) is 15.5 Å². The maximum atomic E-state index is 13.0. The van der Waals surface area contributed by atoms with Gasteiger partial charge in [-0.3, -0.25) is 51.3 Å². The first-order valence-electron chi connectivity index (χ1n) is 18.9. The Morgan fingerprint density at radius 3 is 2.05 bits per heavy atom. The third kappa shape index (κ3) is 11.5. The van der Waals surface area contributed by atoms with Gasteiger partial charge in [-0.25, -0.2) is 23.2 Å². The van der Waals surface area contributed by atoms with Crippen LogP contribution in [0.4, 0.5) is 11.9 Å². The molecule has 66 heavy (non-hydrogen) atoms. The molecule has 3 unspecified atom stereocenters. The van der Waals surface area contributed by atoms with Gasteiger partial charge in [-0.05, 0) is 24.3 Å². The summed E-state index contributed by atoms with van der Waals surface area (Å²) < 4.78 is 81.8. The lowest BCUT2D eigenvalue weighted by Crippen LogP contribution is -2.46. The van der Waals surface area contributed by atoms with E-state index >= 15 is 0 Å². The van der Waals surface area contributed by atoms with Crippen LogP contribution in [0.3, 0.4) is 0 Å². The monoisotopic (exact) mass is 1020 g/mol. The van der Waals surface area contributed by atoms with Crippen LogP contribution in [-0.4, -0.2) is 150 Å². The molecule has 2 aliphatic heterocycles. The summed E-state index contributed by atoms with van der Waals surface area (Å²) in [4.78, 5) is 81.2. The second-order valence-electron chi connectivity index (χ2n) is 14.3. The van der Waals surface area contributed by atoms with Crippen LogP contribution >= 0.6 is 35.1 Å². The summed E-state index contributed by atoms with van der Waals surface area (Å²) in [7, 11) is -16.0. The van der Waals surface area contributed by atoms with Crippen molar-refractivity contribution in [2.24, 2.45) is 0 Å². The zero-order valence-corrected chi connectivity index (χ0v) is 36.8. The number of imidazole rings is 2.